The third kappa shape index (κ3) is 25.6. The van der Waals surface area contributed by atoms with E-state index in [4.69, 9.17) is 11.6 Å². The van der Waals surface area contributed by atoms with Gasteiger partial charge in [-0.2, -0.15) is 0 Å². The van der Waals surface area contributed by atoms with Crippen LogP contribution < -0.4 is 22.2 Å². The van der Waals surface area contributed by atoms with Gasteiger partial charge in [0.25, 0.3) is 0 Å². The minimum atomic E-state index is 0.0320. The van der Waals surface area contributed by atoms with Gasteiger partial charge in [0.05, 0.1) is 6.54 Å². The summed E-state index contributed by atoms with van der Waals surface area (Å²) in [6.07, 6.45) is 23.5. The summed E-state index contributed by atoms with van der Waals surface area (Å²) in [6, 6.07) is 0. The summed E-state index contributed by atoms with van der Waals surface area (Å²) in [7, 11) is 0. The Bertz CT molecular complexity index is 381. The fraction of sp³-hybridized carbons (Fsp3) is 0.962. The molecule has 0 aromatic carbocycles. The summed E-state index contributed by atoms with van der Waals surface area (Å²) >= 11 is 0. The molecular formula is C26H57N5O. The maximum absolute atomic E-state index is 11.9. The van der Waals surface area contributed by atoms with Gasteiger partial charge in [0.15, 0.2) is 0 Å². The molecule has 6 heteroatoms. The third-order valence-electron chi connectivity index (χ3n) is 6.06. The Balaban J connectivity index is 3.27. The van der Waals surface area contributed by atoms with Crippen molar-refractivity contribution < 1.29 is 4.79 Å². The normalized spacial score (nSPS) is 11.4. The van der Waals surface area contributed by atoms with Crippen LogP contribution in [0.2, 0.25) is 0 Å². The fourth-order valence-corrected chi connectivity index (χ4v) is 3.96. The molecule has 0 radical (unpaired) electrons. The lowest BCUT2D eigenvalue weighted by Gasteiger charge is -2.15. The summed E-state index contributed by atoms with van der Waals surface area (Å²) in [6.45, 7) is 6.80. The van der Waals surface area contributed by atoms with Crippen LogP contribution in [0.4, 0.5) is 0 Å². The summed E-state index contributed by atoms with van der Waals surface area (Å²) in [5.74, 6) is 6.01. The van der Waals surface area contributed by atoms with Gasteiger partial charge in [0.2, 0.25) is 5.91 Å². The minimum absolute atomic E-state index is 0.0320. The van der Waals surface area contributed by atoms with E-state index in [1.54, 1.807) is 5.01 Å². The zero-order chi connectivity index (χ0) is 23.5. The van der Waals surface area contributed by atoms with Crippen molar-refractivity contribution in [3.8, 4) is 0 Å². The van der Waals surface area contributed by atoms with Gasteiger partial charge in [-0.05, 0) is 45.3 Å². The first-order valence-electron chi connectivity index (χ1n) is 13.9. The molecule has 0 saturated carbocycles. The van der Waals surface area contributed by atoms with Gasteiger partial charge >= 0.3 is 0 Å². The van der Waals surface area contributed by atoms with Gasteiger partial charge < -0.3 is 16.4 Å². The quantitative estimate of drug-likeness (QED) is 0.0848. The van der Waals surface area contributed by atoms with Crippen molar-refractivity contribution in [2.75, 3.05) is 39.3 Å². The standard InChI is InChI=1S/C26H57N5O/c1-2-3-4-5-6-7-8-9-10-11-12-13-14-15-18-24-31(28)25-26(32)30-23-17-16-21-29-22-19-20-27/h29H,2-25,27-28H2,1H3,(H,30,32). The Morgan fingerprint density at radius 3 is 1.66 bits per heavy atom. The molecule has 192 valence electrons. The highest BCUT2D eigenvalue weighted by atomic mass is 16.2. The molecule has 0 fully saturated rings. The Labute approximate surface area is 200 Å². The first kappa shape index (κ1) is 31.3. The lowest BCUT2D eigenvalue weighted by molar-refractivity contribution is -0.122. The second-order valence-electron chi connectivity index (χ2n) is 9.37. The smallest absolute Gasteiger partial charge is 0.235 e. The lowest BCUT2D eigenvalue weighted by atomic mass is 10.0. The number of hydrogen-bond donors (Lipinski definition) is 4. The van der Waals surface area contributed by atoms with E-state index in [0.29, 0.717) is 6.54 Å². The molecule has 6 nitrogen and oxygen atoms in total. The van der Waals surface area contributed by atoms with Gasteiger partial charge in [-0.1, -0.05) is 96.8 Å². The molecule has 0 aromatic heterocycles. The highest BCUT2D eigenvalue weighted by molar-refractivity contribution is 5.77. The highest BCUT2D eigenvalue weighted by Gasteiger charge is 2.06. The minimum Gasteiger partial charge on any atom is -0.355 e. The van der Waals surface area contributed by atoms with Crippen LogP contribution in [0.3, 0.4) is 0 Å². The van der Waals surface area contributed by atoms with Crippen molar-refractivity contribution in [1.29, 1.82) is 0 Å². The number of amides is 1. The molecule has 0 aliphatic rings. The number of hydrazine groups is 1. The van der Waals surface area contributed by atoms with E-state index in [1.807, 2.05) is 0 Å². The molecule has 0 aromatic rings. The first-order valence-corrected chi connectivity index (χ1v) is 13.9. The van der Waals surface area contributed by atoms with Gasteiger partial charge in [-0.3, -0.25) is 10.6 Å². The molecule has 0 bridgehead atoms. The molecular weight excluding hydrogens is 398 g/mol. The van der Waals surface area contributed by atoms with Crippen molar-refractivity contribution in [3.63, 3.8) is 0 Å². The number of unbranched alkanes of at least 4 members (excludes halogenated alkanes) is 15. The van der Waals surface area contributed by atoms with Crippen LogP contribution in [0, 0.1) is 0 Å². The van der Waals surface area contributed by atoms with Crippen LogP contribution in [-0.4, -0.2) is 50.2 Å². The summed E-state index contributed by atoms with van der Waals surface area (Å²) in [5, 5.41) is 7.97. The summed E-state index contributed by atoms with van der Waals surface area (Å²) in [4.78, 5) is 11.9. The fourth-order valence-electron chi connectivity index (χ4n) is 3.96. The predicted molar refractivity (Wildman–Crippen MR) is 139 cm³/mol. The van der Waals surface area contributed by atoms with Crippen molar-refractivity contribution in [2.24, 2.45) is 11.6 Å². The van der Waals surface area contributed by atoms with Crippen LogP contribution in [0.15, 0.2) is 0 Å². The topological polar surface area (TPSA) is 96.4 Å². The van der Waals surface area contributed by atoms with Gasteiger partial charge in [-0.15, -0.1) is 0 Å². The largest absolute Gasteiger partial charge is 0.355 e. The predicted octanol–water partition coefficient (Wildman–Crippen LogP) is 4.87. The number of carbonyl (C=O) groups excluding carboxylic acids is 1. The molecule has 0 heterocycles. The summed E-state index contributed by atoms with van der Waals surface area (Å²) < 4.78 is 0. The van der Waals surface area contributed by atoms with Crippen molar-refractivity contribution in [2.45, 2.75) is 122 Å². The van der Waals surface area contributed by atoms with Gasteiger partial charge in [0.1, 0.15) is 0 Å². The number of rotatable bonds is 26. The van der Waals surface area contributed by atoms with E-state index < -0.39 is 0 Å². The third-order valence-corrected chi connectivity index (χ3v) is 6.06. The molecule has 0 rings (SSSR count). The average Bonchev–Trinajstić information content (AvgIpc) is 2.78. The molecule has 0 aliphatic heterocycles. The van der Waals surface area contributed by atoms with Crippen LogP contribution >= 0.6 is 0 Å². The number of nitrogens with zero attached hydrogens (tertiary/aromatic N) is 1. The number of nitrogens with one attached hydrogen (secondary N) is 2. The second-order valence-corrected chi connectivity index (χ2v) is 9.37. The Kier molecular flexibility index (Phi) is 26.0. The molecule has 0 saturated heterocycles. The molecule has 0 unspecified atom stereocenters. The SMILES string of the molecule is CCCCCCCCCCCCCCCCCN(N)CC(=O)NCCCCNCCCN. The Morgan fingerprint density at radius 2 is 1.12 bits per heavy atom. The second kappa shape index (κ2) is 26.6. The van der Waals surface area contributed by atoms with Crippen LogP contribution in [0.1, 0.15) is 122 Å². The van der Waals surface area contributed by atoms with E-state index in [9.17, 15) is 4.79 Å². The summed E-state index contributed by atoms with van der Waals surface area (Å²) in [5.41, 5.74) is 5.45. The number of hydrogen-bond acceptors (Lipinski definition) is 5. The number of carbonyl (C=O) groups is 1. The first-order chi connectivity index (χ1) is 15.7. The maximum Gasteiger partial charge on any atom is 0.235 e. The van der Waals surface area contributed by atoms with Crippen LogP contribution in [-0.2, 0) is 4.79 Å². The Hall–Kier alpha value is -0.690. The molecule has 32 heavy (non-hydrogen) atoms. The van der Waals surface area contributed by atoms with E-state index in [1.165, 1.54) is 89.9 Å². The van der Waals surface area contributed by atoms with E-state index in [-0.39, 0.29) is 5.91 Å². The van der Waals surface area contributed by atoms with Crippen molar-refractivity contribution in [3.05, 3.63) is 0 Å². The van der Waals surface area contributed by atoms with E-state index in [2.05, 4.69) is 17.6 Å². The lowest BCUT2D eigenvalue weighted by Crippen LogP contribution is -2.42. The average molecular weight is 456 g/mol. The molecule has 6 N–H and O–H groups in total. The van der Waals surface area contributed by atoms with E-state index in [0.717, 1.165) is 58.4 Å². The van der Waals surface area contributed by atoms with Crippen molar-refractivity contribution in [1.82, 2.24) is 15.6 Å². The highest BCUT2D eigenvalue weighted by Crippen LogP contribution is 2.13. The maximum atomic E-state index is 11.9. The molecule has 1 amide bonds. The molecule has 0 atom stereocenters. The zero-order valence-corrected chi connectivity index (χ0v) is 21.5. The molecule has 0 spiro atoms. The van der Waals surface area contributed by atoms with Crippen LogP contribution in [0.25, 0.3) is 0 Å². The monoisotopic (exact) mass is 455 g/mol. The number of nitrogens with two attached hydrogens (primary N) is 2. The van der Waals surface area contributed by atoms with Crippen molar-refractivity contribution >= 4 is 5.91 Å². The van der Waals surface area contributed by atoms with Gasteiger partial charge in [-0.25, -0.2) is 5.01 Å². The zero-order valence-electron chi connectivity index (χ0n) is 21.5. The Morgan fingerprint density at radius 1 is 0.656 bits per heavy atom. The molecule has 0 aliphatic carbocycles. The van der Waals surface area contributed by atoms with Crippen LogP contribution in [0.5, 0.6) is 0 Å². The van der Waals surface area contributed by atoms with Gasteiger partial charge in [0, 0.05) is 13.1 Å². The van der Waals surface area contributed by atoms with E-state index >= 15 is 0 Å².